The van der Waals surface area contributed by atoms with Crippen LogP contribution in [0.25, 0.3) is 11.0 Å². The van der Waals surface area contributed by atoms with Crippen molar-refractivity contribution in [3.63, 3.8) is 0 Å². The first kappa shape index (κ1) is 28.3. The smallest absolute Gasteiger partial charge is 0.340 e. The molecular formula is C21H22ClFN5O8PS. The second-order valence-corrected chi connectivity index (χ2v) is 13.3. The fourth-order valence-corrected chi connectivity index (χ4v) is 7.64. The molecule has 0 spiro atoms. The van der Waals surface area contributed by atoms with Gasteiger partial charge in [0.05, 0.1) is 23.0 Å². The average molecular weight is 590 g/mol. The molecule has 0 amide bonds. The van der Waals surface area contributed by atoms with Crippen molar-refractivity contribution in [3.8, 4) is 6.07 Å². The first-order valence-corrected chi connectivity index (χ1v) is 15.0. The summed E-state index contributed by atoms with van der Waals surface area (Å²) in [4.78, 5) is 22.2. The Morgan fingerprint density at radius 3 is 2.68 bits per heavy atom. The number of hydrogen-bond acceptors (Lipinski definition) is 10. The lowest BCUT2D eigenvalue weighted by Gasteiger charge is -2.19. The Morgan fingerprint density at radius 2 is 2.05 bits per heavy atom. The van der Waals surface area contributed by atoms with Crippen molar-refractivity contribution in [2.75, 3.05) is 16.6 Å². The summed E-state index contributed by atoms with van der Waals surface area (Å²) in [7, 11) is -9.29. The molecule has 1 aromatic carbocycles. The number of anilines is 1. The Labute approximate surface area is 220 Å². The Morgan fingerprint density at radius 1 is 1.34 bits per heavy atom. The van der Waals surface area contributed by atoms with E-state index in [1.165, 1.54) is 24.4 Å². The quantitative estimate of drug-likeness (QED) is 0.187. The van der Waals surface area contributed by atoms with Crippen LogP contribution < -0.4 is 5.32 Å². The van der Waals surface area contributed by atoms with Gasteiger partial charge in [0, 0.05) is 6.04 Å². The summed E-state index contributed by atoms with van der Waals surface area (Å²) in [6.07, 6.45) is -5.15. The third-order valence-corrected chi connectivity index (χ3v) is 9.91. The number of fused-ring (bicyclic) bond motifs is 1. The number of hydrogen-bond donors (Lipinski definition) is 5. The molecule has 0 bridgehead atoms. The van der Waals surface area contributed by atoms with E-state index in [0.29, 0.717) is 5.56 Å². The number of halogens is 2. The van der Waals surface area contributed by atoms with Crippen molar-refractivity contribution in [2.45, 2.75) is 37.5 Å². The molecule has 3 aromatic rings. The second-order valence-electron chi connectivity index (χ2n) is 8.76. The van der Waals surface area contributed by atoms with Crippen molar-refractivity contribution < 1.29 is 42.1 Å². The van der Waals surface area contributed by atoms with Gasteiger partial charge in [-0.2, -0.15) is 10.4 Å². The molecule has 3 heterocycles. The van der Waals surface area contributed by atoms with E-state index < -0.39 is 65.1 Å². The molecule has 0 radical (unpaired) electrons. The molecule has 0 saturated carbocycles. The molecule has 0 unspecified atom stereocenters. The SMILES string of the molecule is C[C@@H](Nc1c(C#N)c(Cl)nc2c1cnn2[C@@H]1O[C@H](CS(=O)(=O)CP(=O)(O)O)[C@@H](O)[C@H]1O)c1cccc(F)c1. The highest BCUT2D eigenvalue weighted by molar-refractivity contribution is 7.97. The third-order valence-electron chi connectivity index (χ3n) is 5.88. The minimum absolute atomic E-state index is 0.0120. The number of aliphatic hydroxyl groups is 2. The average Bonchev–Trinajstić information content (AvgIpc) is 3.33. The Bertz CT molecular complexity index is 1580. The number of nitrogens with zero attached hydrogens (tertiary/aromatic N) is 4. The van der Waals surface area contributed by atoms with Crippen molar-refractivity contribution in [3.05, 3.63) is 52.6 Å². The number of ether oxygens (including phenoxy) is 1. The van der Waals surface area contributed by atoms with E-state index in [1.54, 1.807) is 13.0 Å². The van der Waals surface area contributed by atoms with Gasteiger partial charge in [0.2, 0.25) is 0 Å². The van der Waals surface area contributed by atoms with Crippen molar-refractivity contribution >= 4 is 45.8 Å². The van der Waals surface area contributed by atoms with Crippen LogP contribution in [0, 0.1) is 17.1 Å². The standard InChI is InChI=1S/C21H22ClFN5O8PS/c1-10(11-3-2-4-12(23)5-11)26-16-13(6-24)19(22)27-20-14(16)7-25-28(20)21-18(30)17(29)15(36-21)8-38(34,35)9-37(31,32)33/h2-5,7,10,15,17-18,21,29-30H,8-9H2,1H3,(H,26,27)(H2,31,32,33)/t10-,15-,17-,18-,21-/m1/s1. The molecule has 1 aliphatic heterocycles. The van der Waals surface area contributed by atoms with Crippen LogP contribution in [-0.2, 0) is 19.1 Å². The second kappa shape index (κ2) is 10.5. The van der Waals surface area contributed by atoms with E-state index in [2.05, 4.69) is 15.4 Å². The number of pyridine rings is 1. The maximum absolute atomic E-state index is 13.7. The number of rotatable bonds is 8. The number of nitrogens with one attached hydrogen (secondary N) is 1. The molecule has 4 rings (SSSR count). The lowest BCUT2D eigenvalue weighted by Crippen LogP contribution is -2.36. The van der Waals surface area contributed by atoms with Gasteiger partial charge in [0.25, 0.3) is 0 Å². The highest BCUT2D eigenvalue weighted by atomic mass is 35.5. The van der Waals surface area contributed by atoms with Crippen LogP contribution in [0.2, 0.25) is 5.15 Å². The highest BCUT2D eigenvalue weighted by Crippen LogP contribution is 2.39. The Hall–Kier alpha value is -2.67. The molecule has 204 valence electrons. The van der Waals surface area contributed by atoms with E-state index in [4.69, 9.17) is 26.1 Å². The Balaban J connectivity index is 1.69. The molecule has 0 aliphatic carbocycles. The fourth-order valence-electron chi connectivity index (χ4n) is 4.17. The first-order valence-electron chi connectivity index (χ1n) is 11.0. The van der Waals surface area contributed by atoms with Gasteiger partial charge < -0.3 is 30.1 Å². The predicted molar refractivity (Wildman–Crippen MR) is 132 cm³/mol. The summed E-state index contributed by atoms with van der Waals surface area (Å²) in [5, 5.41) is 38.0. The van der Waals surface area contributed by atoms with E-state index in [1.807, 2.05) is 6.07 Å². The summed E-state index contributed by atoms with van der Waals surface area (Å²) >= 11 is 6.26. The number of sulfone groups is 1. The van der Waals surface area contributed by atoms with Crippen molar-refractivity contribution in [1.82, 2.24) is 14.8 Å². The van der Waals surface area contributed by atoms with Crippen molar-refractivity contribution in [2.24, 2.45) is 0 Å². The maximum Gasteiger partial charge on any atom is 0.340 e. The normalized spacial score (nSPS) is 22.9. The van der Waals surface area contributed by atoms with Crippen LogP contribution in [0.1, 0.15) is 30.3 Å². The molecule has 5 N–H and O–H groups in total. The monoisotopic (exact) mass is 589 g/mol. The van der Waals surface area contributed by atoms with Crippen molar-refractivity contribution in [1.29, 1.82) is 5.26 Å². The van der Waals surface area contributed by atoms with Crippen LogP contribution in [0.15, 0.2) is 30.5 Å². The van der Waals surface area contributed by atoms with E-state index in [0.717, 1.165) is 4.68 Å². The van der Waals surface area contributed by atoms with Crippen LogP contribution >= 0.6 is 19.2 Å². The number of aromatic nitrogens is 3. The largest absolute Gasteiger partial charge is 0.387 e. The van der Waals surface area contributed by atoms with Gasteiger partial charge in [-0.15, -0.1) is 0 Å². The summed E-state index contributed by atoms with van der Waals surface area (Å²) in [5.41, 5.74) is -0.696. The molecule has 1 aliphatic rings. The van der Waals surface area contributed by atoms with Gasteiger partial charge in [-0.1, -0.05) is 23.7 Å². The topological polar surface area (TPSA) is 208 Å². The Kier molecular flexibility index (Phi) is 7.81. The third kappa shape index (κ3) is 5.83. The summed E-state index contributed by atoms with van der Waals surface area (Å²) in [5.74, 6) is -1.43. The summed E-state index contributed by atoms with van der Waals surface area (Å²) in [6, 6.07) is 7.27. The van der Waals surface area contributed by atoms with Gasteiger partial charge in [-0.05, 0) is 24.6 Å². The molecule has 2 aromatic heterocycles. The van der Waals surface area contributed by atoms with Gasteiger partial charge >= 0.3 is 7.60 Å². The van der Waals surface area contributed by atoms with E-state index in [9.17, 15) is 32.8 Å². The molecule has 17 heteroatoms. The minimum atomic E-state index is -4.91. The number of nitriles is 1. The van der Waals surface area contributed by atoms with Gasteiger partial charge in [-0.3, -0.25) is 4.57 Å². The lowest BCUT2D eigenvalue weighted by atomic mass is 10.1. The lowest BCUT2D eigenvalue weighted by molar-refractivity contribution is -0.0364. The zero-order valence-corrected chi connectivity index (χ0v) is 22.0. The predicted octanol–water partition coefficient (Wildman–Crippen LogP) is 1.44. The van der Waals surface area contributed by atoms with Crippen LogP contribution in [0.5, 0.6) is 0 Å². The molecule has 5 atom stereocenters. The molecule has 38 heavy (non-hydrogen) atoms. The zero-order valence-electron chi connectivity index (χ0n) is 19.5. The molecule has 1 saturated heterocycles. The fraction of sp³-hybridized carbons (Fsp3) is 0.381. The highest BCUT2D eigenvalue weighted by Gasteiger charge is 2.47. The molecule has 1 fully saturated rings. The number of aliphatic hydroxyl groups excluding tert-OH is 2. The first-order chi connectivity index (χ1) is 17.7. The van der Waals surface area contributed by atoms with E-state index in [-0.39, 0.29) is 27.4 Å². The zero-order chi connectivity index (χ0) is 28.0. The minimum Gasteiger partial charge on any atom is -0.387 e. The molecule has 13 nitrogen and oxygen atoms in total. The van der Waals surface area contributed by atoms with Crippen LogP contribution in [0.3, 0.4) is 0 Å². The maximum atomic E-state index is 13.7. The molecular weight excluding hydrogens is 568 g/mol. The summed E-state index contributed by atoms with van der Waals surface area (Å²) < 4.78 is 55.8. The van der Waals surface area contributed by atoms with Gasteiger partial charge in [0.15, 0.2) is 32.4 Å². The van der Waals surface area contributed by atoms with Gasteiger partial charge in [-0.25, -0.2) is 22.5 Å². The summed E-state index contributed by atoms with van der Waals surface area (Å²) in [6.45, 7) is 1.73. The van der Waals surface area contributed by atoms with Gasteiger partial charge in [0.1, 0.15) is 35.8 Å². The van der Waals surface area contributed by atoms with Crippen LogP contribution in [-0.4, -0.2) is 72.7 Å². The van der Waals surface area contributed by atoms with E-state index >= 15 is 0 Å². The van der Waals surface area contributed by atoms with Crippen LogP contribution in [0.4, 0.5) is 10.1 Å². The number of benzene rings is 1.